The van der Waals surface area contributed by atoms with Gasteiger partial charge in [0.15, 0.2) is 0 Å². The molecule has 162 valence electrons. The lowest BCUT2D eigenvalue weighted by molar-refractivity contribution is -0.141. The van der Waals surface area contributed by atoms with Crippen molar-refractivity contribution in [3.05, 3.63) is 69.7 Å². The molecule has 0 aliphatic heterocycles. The van der Waals surface area contributed by atoms with E-state index in [9.17, 15) is 9.59 Å². The van der Waals surface area contributed by atoms with Crippen LogP contribution in [-0.4, -0.2) is 29.3 Å². The van der Waals surface area contributed by atoms with Gasteiger partial charge in [0.1, 0.15) is 6.04 Å². The van der Waals surface area contributed by atoms with Crippen LogP contribution < -0.4 is 5.32 Å². The van der Waals surface area contributed by atoms with Gasteiger partial charge in [-0.1, -0.05) is 79.9 Å². The van der Waals surface area contributed by atoms with Crippen LogP contribution in [0.15, 0.2) is 42.5 Å². The Morgan fingerprint density at radius 1 is 1.07 bits per heavy atom. The van der Waals surface area contributed by atoms with E-state index in [1.807, 2.05) is 71.0 Å². The average Bonchev–Trinajstić information content (AvgIpc) is 2.66. The molecule has 0 saturated heterocycles. The summed E-state index contributed by atoms with van der Waals surface area (Å²) < 4.78 is 0. The molecule has 0 saturated carbocycles. The summed E-state index contributed by atoms with van der Waals surface area (Å²) in [5.74, 6) is 0.146. The Morgan fingerprint density at radius 3 is 2.27 bits per heavy atom. The van der Waals surface area contributed by atoms with Gasteiger partial charge in [-0.2, -0.15) is 0 Å². The van der Waals surface area contributed by atoms with E-state index in [1.165, 1.54) is 0 Å². The van der Waals surface area contributed by atoms with Crippen molar-refractivity contribution in [3.63, 3.8) is 0 Å². The largest absolute Gasteiger partial charge is 0.354 e. The second kappa shape index (κ2) is 11.2. The number of nitrogens with one attached hydrogen (secondary N) is 1. The second-order valence-electron chi connectivity index (χ2n) is 8.35. The van der Waals surface area contributed by atoms with Crippen molar-refractivity contribution in [3.8, 4) is 0 Å². The molecule has 0 aliphatic rings. The molecule has 2 amide bonds. The van der Waals surface area contributed by atoms with Gasteiger partial charge in [-0.25, -0.2) is 0 Å². The van der Waals surface area contributed by atoms with E-state index < -0.39 is 6.04 Å². The molecule has 30 heavy (non-hydrogen) atoms. The van der Waals surface area contributed by atoms with E-state index >= 15 is 0 Å². The zero-order valence-electron chi connectivity index (χ0n) is 18.7. The summed E-state index contributed by atoms with van der Waals surface area (Å²) >= 11 is 6.37. The molecule has 0 spiro atoms. The minimum Gasteiger partial charge on any atom is -0.354 e. The number of halogens is 1. The number of rotatable bonds is 9. The molecule has 2 rings (SSSR count). The summed E-state index contributed by atoms with van der Waals surface area (Å²) in [4.78, 5) is 28.0. The summed E-state index contributed by atoms with van der Waals surface area (Å²) in [6, 6.07) is 13.1. The number of carbonyl (C=O) groups is 2. The summed E-state index contributed by atoms with van der Waals surface area (Å²) in [5.41, 5.74) is 4.04. The fourth-order valence-corrected chi connectivity index (χ4v) is 3.79. The van der Waals surface area contributed by atoms with Crippen molar-refractivity contribution in [2.75, 3.05) is 6.54 Å². The number of benzene rings is 2. The molecule has 0 fully saturated rings. The van der Waals surface area contributed by atoms with Crippen LogP contribution >= 0.6 is 11.6 Å². The highest BCUT2D eigenvalue weighted by Gasteiger charge is 2.29. The van der Waals surface area contributed by atoms with E-state index in [0.717, 1.165) is 22.3 Å². The third-order valence-corrected chi connectivity index (χ3v) is 5.37. The molecule has 1 N–H and O–H groups in total. The molecule has 4 nitrogen and oxygen atoms in total. The van der Waals surface area contributed by atoms with Crippen LogP contribution in [0.3, 0.4) is 0 Å². The SMILES string of the molecule is CC[C@H](C(=O)NCC(C)C)N(Cc1ccccc1Cl)C(=O)Cc1cc(C)cc(C)c1. The maximum atomic E-state index is 13.4. The first-order valence-electron chi connectivity index (χ1n) is 10.6. The van der Waals surface area contributed by atoms with Gasteiger partial charge in [0.05, 0.1) is 6.42 Å². The van der Waals surface area contributed by atoms with Gasteiger partial charge in [0.2, 0.25) is 11.8 Å². The van der Waals surface area contributed by atoms with Crippen LogP contribution in [0.1, 0.15) is 49.4 Å². The van der Waals surface area contributed by atoms with Crippen LogP contribution in [0.25, 0.3) is 0 Å². The smallest absolute Gasteiger partial charge is 0.242 e. The van der Waals surface area contributed by atoms with Crippen molar-refractivity contribution in [1.82, 2.24) is 10.2 Å². The number of nitrogens with zero attached hydrogens (tertiary/aromatic N) is 1. The Hall–Kier alpha value is -2.33. The maximum Gasteiger partial charge on any atom is 0.242 e. The molecule has 0 bridgehead atoms. The number of aryl methyl sites for hydroxylation is 2. The lowest BCUT2D eigenvalue weighted by atomic mass is 10.0. The van der Waals surface area contributed by atoms with E-state index in [-0.39, 0.29) is 18.2 Å². The van der Waals surface area contributed by atoms with Crippen molar-refractivity contribution >= 4 is 23.4 Å². The summed E-state index contributed by atoms with van der Waals surface area (Å²) in [6.07, 6.45) is 0.786. The molecular weight excluding hydrogens is 396 g/mol. The van der Waals surface area contributed by atoms with Crippen molar-refractivity contribution < 1.29 is 9.59 Å². The Bertz CT molecular complexity index is 859. The molecule has 0 unspecified atom stereocenters. The highest BCUT2D eigenvalue weighted by atomic mass is 35.5. The zero-order chi connectivity index (χ0) is 22.3. The molecule has 0 heterocycles. The summed E-state index contributed by atoms with van der Waals surface area (Å²) in [5, 5.41) is 3.58. The Balaban J connectivity index is 2.32. The number of amides is 2. The van der Waals surface area contributed by atoms with Gasteiger partial charge in [0.25, 0.3) is 0 Å². The normalized spacial score (nSPS) is 12.0. The summed E-state index contributed by atoms with van der Waals surface area (Å²) in [7, 11) is 0. The van der Waals surface area contributed by atoms with Crippen molar-refractivity contribution in [2.45, 2.75) is 60.0 Å². The van der Waals surface area contributed by atoms with Crippen LogP contribution in [0.5, 0.6) is 0 Å². The quantitative estimate of drug-likeness (QED) is 0.605. The summed E-state index contributed by atoms with van der Waals surface area (Å²) in [6.45, 7) is 11.0. The molecule has 2 aromatic carbocycles. The average molecular weight is 429 g/mol. The monoisotopic (exact) mass is 428 g/mol. The van der Waals surface area contributed by atoms with Crippen LogP contribution in [0.2, 0.25) is 5.02 Å². The molecular formula is C25H33ClN2O2. The standard InChI is InChI=1S/C25H33ClN2O2/c1-6-23(25(30)27-15-17(2)3)28(16-21-9-7-8-10-22(21)26)24(29)14-20-12-18(4)11-19(5)13-20/h7-13,17,23H,6,14-16H2,1-5H3,(H,27,30)/t23-/m1/s1. The Morgan fingerprint density at radius 2 is 1.70 bits per heavy atom. The van der Waals surface area contributed by atoms with Crippen LogP contribution in [-0.2, 0) is 22.6 Å². The molecule has 2 aromatic rings. The van der Waals surface area contributed by atoms with Gasteiger partial charge in [-0.05, 0) is 43.4 Å². The van der Waals surface area contributed by atoms with Crippen molar-refractivity contribution in [1.29, 1.82) is 0 Å². The van der Waals surface area contributed by atoms with Gasteiger partial charge >= 0.3 is 0 Å². The molecule has 0 radical (unpaired) electrons. The fraction of sp³-hybridized carbons (Fsp3) is 0.440. The molecule has 0 aromatic heterocycles. The molecule has 0 aliphatic carbocycles. The lowest BCUT2D eigenvalue weighted by Crippen LogP contribution is -2.50. The van der Waals surface area contributed by atoms with Crippen LogP contribution in [0, 0.1) is 19.8 Å². The zero-order valence-corrected chi connectivity index (χ0v) is 19.4. The van der Waals surface area contributed by atoms with E-state index in [2.05, 4.69) is 11.4 Å². The van der Waals surface area contributed by atoms with Gasteiger partial charge in [-0.3, -0.25) is 9.59 Å². The van der Waals surface area contributed by atoms with Gasteiger partial charge in [-0.15, -0.1) is 0 Å². The van der Waals surface area contributed by atoms with E-state index in [4.69, 9.17) is 11.6 Å². The third kappa shape index (κ3) is 6.88. The first-order chi connectivity index (χ1) is 14.2. The minimum atomic E-state index is -0.543. The number of hydrogen-bond acceptors (Lipinski definition) is 2. The maximum absolute atomic E-state index is 13.4. The first-order valence-corrected chi connectivity index (χ1v) is 11.0. The number of carbonyl (C=O) groups excluding carboxylic acids is 2. The Labute approximate surface area is 185 Å². The van der Waals surface area contributed by atoms with Gasteiger partial charge in [0, 0.05) is 18.1 Å². The second-order valence-corrected chi connectivity index (χ2v) is 8.76. The molecule has 5 heteroatoms. The highest BCUT2D eigenvalue weighted by molar-refractivity contribution is 6.31. The lowest BCUT2D eigenvalue weighted by Gasteiger charge is -2.31. The first kappa shape index (κ1) is 23.9. The van der Waals surface area contributed by atoms with Crippen LogP contribution in [0.4, 0.5) is 0 Å². The fourth-order valence-electron chi connectivity index (χ4n) is 3.60. The van der Waals surface area contributed by atoms with Gasteiger partial charge < -0.3 is 10.2 Å². The minimum absolute atomic E-state index is 0.0773. The predicted octanol–water partition coefficient (Wildman–Crippen LogP) is 5.08. The van der Waals surface area contributed by atoms with E-state index in [0.29, 0.717) is 30.5 Å². The third-order valence-electron chi connectivity index (χ3n) is 5.01. The van der Waals surface area contributed by atoms with Crippen molar-refractivity contribution in [2.24, 2.45) is 5.92 Å². The number of hydrogen-bond donors (Lipinski definition) is 1. The Kier molecular flexibility index (Phi) is 8.91. The highest BCUT2D eigenvalue weighted by Crippen LogP contribution is 2.21. The molecule has 1 atom stereocenters. The van der Waals surface area contributed by atoms with E-state index in [1.54, 1.807) is 4.90 Å². The predicted molar refractivity (Wildman–Crippen MR) is 124 cm³/mol. The topological polar surface area (TPSA) is 49.4 Å².